The van der Waals surface area contributed by atoms with Crippen LogP contribution in [0.5, 0.6) is 0 Å². The van der Waals surface area contributed by atoms with Crippen molar-refractivity contribution < 1.29 is 4.79 Å². The summed E-state index contributed by atoms with van der Waals surface area (Å²) < 4.78 is 0.725. The first kappa shape index (κ1) is 13.7. The normalized spacial score (nSPS) is 10.0. The van der Waals surface area contributed by atoms with Crippen LogP contribution in [0.3, 0.4) is 0 Å². The van der Waals surface area contributed by atoms with Crippen molar-refractivity contribution in [2.24, 2.45) is 0 Å². The number of nitrogen functional groups attached to an aromatic ring is 1. The van der Waals surface area contributed by atoms with E-state index < -0.39 is 0 Å². The molecule has 0 saturated heterocycles. The highest BCUT2D eigenvalue weighted by Gasteiger charge is 2.06. The lowest BCUT2D eigenvalue weighted by atomic mass is 10.3. The van der Waals surface area contributed by atoms with Crippen LogP contribution in [0.2, 0.25) is 5.02 Å². The Hall–Kier alpha value is -1.72. The van der Waals surface area contributed by atoms with Crippen LogP contribution in [0.4, 0.5) is 21.9 Å². The Kier molecular flexibility index (Phi) is 4.29. The Balaban J connectivity index is 2.05. The van der Waals surface area contributed by atoms with Crippen LogP contribution in [0.15, 0.2) is 46.9 Å². The molecule has 0 fully saturated rings. The molecule has 2 aromatic carbocycles. The fourth-order valence-electron chi connectivity index (χ4n) is 1.45. The van der Waals surface area contributed by atoms with Gasteiger partial charge in [0.05, 0.1) is 10.7 Å². The van der Waals surface area contributed by atoms with Crippen molar-refractivity contribution in [2.45, 2.75) is 0 Å². The van der Waals surface area contributed by atoms with E-state index in [1.165, 1.54) is 0 Å². The molecule has 0 unspecified atom stereocenters. The quantitative estimate of drug-likeness (QED) is 0.712. The Bertz CT molecular complexity index is 619. The molecular formula is C13H11BrClN3O. The average molecular weight is 341 g/mol. The molecule has 98 valence electrons. The predicted molar refractivity (Wildman–Crippen MR) is 82.6 cm³/mol. The minimum atomic E-state index is -0.371. The average Bonchev–Trinajstić information content (AvgIpc) is 2.37. The largest absolute Gasteiger partial charge is 0.398 e. The first-order valence-electron chi connectivity index (χ1n) is 5.44. The van der Waals surface area contributed by atoms with Gasteiger partial charge in [0.15, 0.2) is 0 Å². The Morgan fingerprint density at radius 1 is 1.16 bits per heavy atom. The van der Waals surface area contributed by atoms with Gasteiger partial charge in [-0.25, -0.2) is 4.79 Å². The second kappa shape index (κ2) is 5.95. The van der Waals surface area contributed by atoms with Crippen LogP contribution in [0.25, 0.3) is 0 Å². The van der Waals surface area contributed by atoms with Crippen LogP contribution in [-0.4, -0.2) is 6.03 Å². The Labute approximate surface area is 124 Å². The van der Waals surface area contributed by atoms with Crippen LogP contribution in [0, 0.1) is 0 Å². The molecule has 0 heterocycles. The Morgan fingerprint density at radius 3 is 2.58 bits per heavy atom. The molecule has 19 heavy (non-hydrogen) atoms. The van der Waals surface area contributed by atoms with Crippen LogP contribution in [-0.2, 0) is 0 Å². The van der Waals surface area contributed by atoms with E-state index in [2.05, 4.69) is 26.6 Å². The molecule has 6 heteroatoms. The molecule has 2 rings (SSSR count). The van der Waals surface area contributed by atoms with Crippen LogP contribution >= 0.6 is 27.5 Å². The van der Waals surface area contributed by atoms with Crippen molar-refractivity contribution in [3.8, 4) is 0 Å². The molecule has 2 aromatic rings. The molecule has 0 bridgehead atoms. The van der Waals surface area contributed by atoms with Crippen molar-refractivity contribution in [1.29, 1.82) is 0 Å². The van der Waals surface area contributed by atoms with Crippen molar-refractivity contribution in [3.05, 3.63) is 52.0 Å². The van der Waals surface area contributed by atoms with Crippen molar-refractivity contribution in [1.82, 2.24) is 0 Å². The van der Waals surface area contributed by atoms with Crippen molar-refractivity contribution in [2.75, 3.05) is 16.4 Å². The van der Waals surface area contributed by atoms with Gasteiger partial charge in [0.1, 0.15) is 0 Å². The summed E-state index contributed by atoms with van der Waals surface area (Å²) in [6, 6.07) is 11.8. The lowest BCUT2D eigenvalue weighted by Crippen LogP contribution is -2.19. The fraction of sp³-hybridized carbons (Fsp3) is 0. The van der Waals surface area contributed by atoms with E-state index in [-0.39, 0.29) is 6.03 Å². The number of hydrogen-bond acceptors (Lipinski definition) is 2. The highest BCUT2D eigenvalue weighted by Crippen LogP contribution is 2.24. The first-order valence-corrected chi connectivity index (χ1v) is 6.61. The molecule has 0 atom stereocenters. The van der Waals surface area contributed by atoms with Gasteiger partial charge in [-0.05, 0) is 46.3 Å². The summed E-state index contributed by atoms with van der Waals surface area (Å²) in [4.78, 5) is 11.8. The van der Waals surface area contributed by atoms with E-state index in [9.17, 15) is 4.79 Å². The number of para-hydroxylation sites is 1. The number of carbonyl (C=O) groups is 1. The minimum Gasteiger partial charge on any atom is -0.398 e. The van der Waals surface area contributed by atoms with E-state index in [1.807, 2.05) is 0 Å². The van der Waals surface area contributed by atoms with Crippen LogP contribution in [0.1, 0.15) is 0 Å². The summed E-state index contributed by atoms with van der Waals surface area (Å²) >= 11 is 9.25. The maximum Gasteiger partial charge on any atom is 0.323 e. The van der Waals surface area contributed by atoms with Crippen molar-refractivity contribution in [3.63, 3.8) is 0 Å². The standard InChI is InChI=1S/C13H11BrClN3O/c14-9-7-8(5-6-11(9)16)17-13(19)18-12-4-2-1-3-10(12)15/h1-7H,16H2,(H2,17,18,19). The van der Waals surface area contributed by atoms with E-state index in [4.69, 9.17) is 17.3 Å². The number of nitrogens with one attached hydrogen (secondary N) is 2. The second-order valence-corrected chi connectivity index (χ2v) is 5.06. The maximum atomic E-state index is 11.8. The summed E-state index contributed by atoms with van der Waals surface area (Å²) in [6.45, 7) is 0. The van der Waals surface area contributed by atoms with Gasteiger partial charge in [-0.3, -0.25) is 0 Å². The topological polar surface area (TPSA) is 67.1 Å². The van der Waals surface area contributed by atoms with Gasteiger partial charge in [-0.2, -0.15) is 0 Å². The monoisotopic (exact) mass is 339 g/mol. The maximum absolute atomic E-state index is 11.8. The summed E-state index contributed by atoms with van der Waals surface area (Å²) in [6.07, 6.45) is 0. The highest BCUT2D eigenvalue weighted by atomic mass is 79.9. The second-order valence-electron chi connectivity index (χ2n) is 3.80. The van der Waals surface area contributed by atoms with Gasteiger partial charge in [0.2, 0.25) is 0 Å². The number of anilines is 3. The third-order valence-corrected chi connectivity index (χ3v) is 3.40. The molecule has 0 aliphatic heterocycles. The van der Waals surface area contributed by atoms with Gasteiger partial charge in [0, 0.05) is 15.8 Å². The molecule has 0 aliphatic rings. The first-order chi connectivity index (χ1) is 9.06. The van der Waals surface area contributed by atoms with Gasteiger partial charge >= 0.3 is 6.03 Å². The molecule has 4 N–H and O–H groups in total. The summed E-state index contributed by atoms with van der Waals surface area (Å²) in [5.74, 6) is 0. The third kappa shape index (κ3) is 3.62. The highest BCUT2D eigenvalue weighted by molar-refractivity contribution is 9.10. The van der Waals surface area contributed by atoms with E-state index in [1.54, 1.807) is 42.5 Å². The minimum absolute atomic E-state index is 0.371. The Morgan fingerprint density at radius 2 is 1.89 bits per heavy atom. The number of urea groups is 1. The van der Waals surface area contributed by atoms with Gasteiger partial charge in [-0.1, -0.05) is 23.7 Å². The molecule has 4 nitrogen and oxygen atoms in total. The summed E-state index contributed by atoms with van der Waals surface area (Å²) in [5.41, 5.74) is 7.46. The molecule has 0 radical (unpaired) electrons. The molecule has 2 amide bonds. The van der Waals surface area contributed by atoms with Gasteiger partial charge in [0.25, 0.3) is 0 Å². The number of nitrogens with two attached hydrogens (primary N) is 1. The molecular weight excluding hydrogens is 330 g/mol. The van der Waals surface area contributed by atoms with Gasteiger partial charge in [-0.15, -0.1) is 0 Å². The van der Waals surface area contributed by atoms with E-state index in [0.717, 1.165) is 4.47 Å². The fourth-order valence-corrected chi connectivity index (χ4v) is 2.01. The zero-order valence-corrected chi connectivity index (χ0v) is 12.1. The SMILES string of the molecule is Nc1ccc(NC(=O)Nc2ccccc2Cl)cc1Br. The molecule has 0 aliphatic carbocycles. The lowest BCUT2D eigenvalue weighted by molar-refractivity contribution is 0.262. The smallest absolute Gasteiger partial charge is 0.323 e. The third-order valence-electron chi connectivity index (χ3n) is 2.38. The number of rotatable bonds is 2. The van der Waals surface area contributed by atoms with E-state index >= 15 is 0 Å². The predicted octanol–water partition coefficient (Wildman–Crippen LogP) is 4.33. The summed E-state index contributed by atoms with van der Waals surface area (Å²) in [5, 5.41) is 5.84. The lowest BCUT2D eigenvalue weighted by Gasteiger charge is -2.09. The van der Waals surface area contributed by atoms with Gasteiger partial charge < -0.3 is 16.4 Å². The number of amides is 2. The zero-order chi connectivity index (χ0) is 13.8. The number of halogens is 2. The molecule has 0 saturated carbocycles. The van der Waals surface area contributed by atoms with Crippen molar-refractivity contribution >= 4 is 50.6 Å². The van der Waals surface area contributed by atoms with Crippen LogP contribution < -0.4 is 16.4 Å². The number of benzene rings is 2. The number of carbonyl (C=O) groups excluding carboxylic acids is 1. The van der Waals surface area contributed by atoms with E-state index in [0.29, 0.717) is 22.1 Å². The summed E-state index contributed by atoms with van der Waals surface area (Å²) in [7, 11) is 0. The molecule has 0 aromatic heterocycles. The zero-order valence-electron chi connectivity index (χ0n) is 9.78. The molecule has 0 spiro atoms. The number of hydrogen-bond donors (Lipinski definition) is 3.